The number of hydrogen-bond acceptors (Lipinski definition) is 3. The zero-order valence-electron chi connectivity index (χ0n) is 12.1. The lowest BCUT2D eigenvalue weighted by molar-refractivity contribution is 0.0486. The van der Waals surface area contributed by atoms with Gasteiger partial charge in [-0.15, -0.1) is 0 Å². The first-order chi connectivity index (χ1) is 9.61. The molecule has 2 heterocycles. The van der Waals surface area contributed by atoms with Crippen LogP contribution in [0.3, 0.4) is 0 Å². The van der Waals surface area contributed by atoms with Crippen molar-refractivity contribution in [2.45, 2.75) is 32.7 Å². The minimum Gasteiger partial charge on any atom is -0.302 e. The van der Waals surface area contributed by atoms with Crippen LogP contribution < -0.4 is 0 Å². The number of aryl methyl sites for hydroxylation is 1. The number of carbonyl (C=O) groups excluding carboxylic acids is 2. The molecule has 1 atom stereocenters. The minimum atomic E-state index is -0.118. The monoisotopic (exact) mass is 272 g/mol. The minimum absolute atomic E-state index is 0.0245. The maximum atomic E-state index is 12.5. The van der Waals surface area contributed by atoms with E-state index in [9.17, 15) is 9.59 Å². The molecule has 0 N–H and O–H groups in total. The number of rotatable bonds is 2. The van der Waals surface area contributed by atoms with Crippen LogP contribution >= 0.6 is 0 Å². The summed E-state index contributed by atoms with van der Waals surface area (Å²) in [4.78, 5) is 28.8. The summed E-state index contributed by atoms with van der Waals surface area (Å²) in [5.41, 5.74) is 2.16. The van der Waals surface area contributed by atoms with Crippen LogP contribution in [0.1, 0.15) is 46.0 Å². The fourth-order valence-corrected chi connectivity index (χ4v) is 3.23. The van der Waals surface area contributed by atoms with E-state index in [1.54, 1.807) is 6.07 Å². The fourth-order valence-electron chi connectivity index (χ4n) is 3.23. The predicted molar refractivity (Wildman–Crippen MR) is 76.8 cm³/mol. The molecule has 0 bridgehead atoms. The number of piperidine rings is 1. The van der Waals surface area contributed by atoms with Crippen molar-refractivity contribution in [3.8, 4) is 0 Å². The maximum Gasteiger partial charge on any atom is 0.261 e. The number of nitrogens with zero attached hydrogens (tertiary/aromatic N) is 2. The highest BCUT2D eigenvalue weighted by atomic mass is 16.2. The van der Waals surface area contributed by atoms with E-state index in [1.165, 1.54) is 4.90 Å². The van der Waals surface area contributed by atoms with Crippen molar-refractivity contribution in [3.05, 3.63) is 34.9 Å². The molecular formula is C16H20N2O2. The summed E-state index contributed by atoms with van der Waals surface area (Å²) in [6.45, 7) is 6.91. The molecule has 1 fully saturated rings. The molecule has 2 aliphatic heterocycles. The van der Waals surface area contributed by atoms with Gasteiger partial charge in [0, 0.05) is 6.54 Å². The smallest absolute Gasteiger partial charge is 0.261 e. The molecule has 2 aliphatic rings. The van der Waals surface area contributed by atoms with Crippen LogP contribution in [0.5, 0.6) is 0 Å². The average Bonchev–Trinajstić information content (AvgIpc) is 2.70. The molecule has 4 nitrogen and oxygen atoms in total. The van der Waals surface area contributed by atoms with E-state index in [0.717, 1.165) is 38.0 Å². The van der Waals surface area contributed by atoms with Crippen LogP contribution in [-0.2, 0) is 0 Å². The van der Waals surface area contributed by atoms with Crippen molar-refractivity contribution in [1.29, 1.82) is 0 Å². The van der Waals surface area contributed by atoms with Crippen LogP contribution in [0.15, 0.2) is 18.2 Å². The third-order valence-corrected chi connectivity index (χ3v) is 4.37. The van der Waals surface area contributed by atoms with Gasteiger partial charge in [0.05, 0.1) is 17.2 Å². The zero-order chi connectivity index (χ0) is 14.3. The third kappa shape index (κ3) is 2.04. The van der Waals surface area contributed by atoms with Gasteiger partial charge in [-0.3, -0.25) is 14.5 Å². The van der Waals surface area contributed by atoms with Crippen molar-refractivity contribution in [2.24, 2.45) is 0 Å². The molecule has 0 radical (unpaired) electrons. The average molecular weight is 272 g/mol. The van der Waals surface area contributed by atoms with Crippen LogP contribution in [0.25, 0.3) is 0 Å². The lowest BCUT2D eigenvalue weighted by atomic mass is 10.0. The summed E-state index contributed by atoms with van der Waals surface area (Å²) in [7, 11) is 0. The van der Waals surface area contributed by atoms with Gasteiger partial charge >= 0.3 is 0 Å². The lowest BCUT2D eigenvalue weighted by Crippen LogP contribution is -2.50. The van der Waals surface area contributed by atoms with Crippen molar-refractivity contribution in [1.82, 2.24) is 9.80 Å². The normalized spacial score (nSPS) is 23.3. The van der Waals surface area contributed by atoms with Gasteiger partial charge in [-0.2, -0.15) is 0 Å². The molecule has 1 aromatic carbocycles. The Labute approximate surface area is 119 Å². The Bertz CT molecular complexity index is 568. The molecule has 1 saturated heterocycles. The van der Waals surface area contributed by atoms with Gasteiger partial charge in [-0.05, 0) is 45.0 Å². The standard InChI is InChI=1S/C16H20N2O2/c1-3-17-8-4-5-12(10-17)18-15(19)13-7-6-11(2)9-14(13)16(18)20/h6-7,9,12H,3-5,8,10H2,1-2H3. The van der Waals surface area contributed by atoms with E-state index in [2.05, 4.69) is 11.8 Å². The molecule has 20 heavy (non-hydrogen) atoms. The Kier molecular flexibility index (Phi) is 3.34. The van der Waals surface area contributed by atoms with Crippen molar-refractivity contribution < 1.29 is 9.59 Å². The molecule has 1 unspecified atom stereocenters. The highest BCUT2D eigenvalue weighted by molar-refractivity contribution is 6.21. The summed E-state index contributed by atoms with van der Waals surface area (Å²) < 4.78 is 0. The highest BCUT2D eigenvalue weighted by Crippen LogP contribution is 2.28. The summed E-state index contributed by atoms with van der Waals surface area (Å²) >= 11 is 0. The first kappa shape index (κ1) is 13.3. The summed E-state index contributed by atoms with van der Waals surface area (Å²) in [6.07, 6.45) is 1.96. The number of likely N-dealkylation sites (N-methyl/N-ethyl adjacent to an activating group) is 1. The number of benzene rings is 1. The van der Waals surface area contributed by atoms with E-state index in [-0.39, 0.29) is 17.9 Å². The number of imide groups is 1. The second-order valence-electron chi connectivity index (χ2n) is 5.72. The second kappa shape index (κ2) is 5.02. The Morgan fingerprint density at radius 2 is 1.95 bits per heavy atom. The van der Waals surface area contributed by atoms with Crippen LogP contribution in [-0.4, -0.2) is 47.3 Å². The van der Waals surface area contributed by atoms with Gasteiger partial charge in [0.15, 0.2) is 0 Å². The summed E-state index contributed by atoms with van der Waals surface area (Å²) in [5, 5.41) is 0. The topological polar surface area (TPSA) is 40.6 Å². The first-order valence-electron chi connectivity index (χ1n) is 7.32. The quantitative estimate of drug-likeness (QED) is 0.774. The van der Waals surface area contributed by atoms with Crippen molar-refractivity contribution in [3.63, 3.8) is 0 Å². The van der Waals surface area contributed by atoms with E-state index in [1.807, 2.05) is 19.1 Å². The van der Waals surface area contributed by atoms with Crippen LogP contribution in [0, 0.1) is 6.92 Å². The fraction of sp³-hybridized carbons (Fsp3) is 0.500. The van der Waals surface area contributed by atoms with E-state index in [0.29, 0.717) is 11.1 Å². The maximum absolute atomic E-state index is 12.5. The Balaban J connectivity index is 1.89. The Morgan fingerprint density at radius 3 is 2.70 bits per heavy atom. The van der Waals surface area contributed by atoms with Gasteiger partial charge < -0.3 is 4.90 Å². The van der Waals surface area contributed by atoms with E-state index < -0.39 is 0 Å². The van der Waals surface area contributed by atoms with E-state index in [4.69, 9.17) is 0 Å². The summed E-state index contributed by atoms with van der Waals surface area (Å²) in [6, 6.07) is 5.53. The Morgan fingerprint density at radius 1 is 1.20 bits per heavy atom. The molecule has 0 spiro atoms. The largest absolute Gasteiger partial charge is 0.302 e. The highest BCUT2D eigenvalue weighted by Gasteiger charge is 2.40. The number of carbonyl (C=O) groups is 2. The molecule has 106 valence electrons. The van der Waals surface area contributed by atoms with Gasteiger partial charge in [-0.25, -0.2) is 0 Å². The van der Waals surface area contributed by atoms with Crippen molar-refractivity contribution in [2.75, 3.05) is 19.6 Å². The number of amides is 2. The van der Waals surface area contributed by atoms with Crippen LogP contribution in [0.2, 0.25) is 0 Å². The summed E-state index contributed by atoms with van der Waals surface area (Å²) in [5.74, 6) is -0.232. The lowest BCUT2D eigenvalue weighted by Gasteiger charge is -2.36. The SMILES string of the molecule is CCN1CCCC(N2C(=O)c3ccc(C)cc3C2=O)C1. The number of fused-ring (bicyclic) bond motifs is 1. The predicted octanol–water partition coefficient (Wildman–Crippen LogP) is 2.08. The molecule has 1 aromatic rings. The zero-order valence-corrected chi connectivity index (χ0v) is 12.1. The molecular weight excluding hydrogens is 252 g/mol. The molecule has 4 heteroatoms. The van der Waals surface area contributed by atoms with Crippen molar-refractivity contribution >= 4 is 11.8 Å². The number of likely N-dealkylation sites (tertiary alicyclic amines) is 1. The van der Waals surface area contributed by atoms with Gasteiger partial charge in [-0.1, -0.05) is 18.6 Å². The van der Waals surface area contributed by atoms with Crippen LogP contribution in [0.4, 0.5) is 0 Å². The molecule has 0 aromatic heterocycles. The van der Waals surface area contributed by atoms with Gasteiger partial charge in [0.1, 0.15) is 0 Å². The number of hydrogen-bond donors (Lipinski definition) is 0. The first-order valence-corrected chi connectivity index (χ1v) is 7.32. The molecule has 2 amide bonds. The molecule has 3 rings (SSSR count). The molecule has 0 aliphatic carbocycles. The van der Waals surface area contributed by atoms with Gasteiger partial charge in [0.2, 0.25) is 0 Å². The Hall–Kier alpha value is -1.68. The molecule has 0 saturated carbocycles. The van der Waals surface area contributed by atoms with E-state index >= 15 is 0 Å². The second-order valence-corrected chi connectivity index (χ2v) is 5.72. The third-order valence-electron chi connectivity index (χ3n) is 4.37. The van der Waals surface area contributed by atoms with Gasteiger partial charge in [0.25, 0.3) is 11.8 Å².